The second-order valence-corrected chi connectivity index (χ2v) is 6.30. The lowest BCUT2D eigenvalue weighted by atomic mass is 9.93. The van der Waals surface area contributed by atoms with Gasteiger partial charge in [0.2, 0.25) is 17.6 Å². The summed E-state index contributed by atoms with van der Waals surface area (Å²) in [5.41, 5.74) is -0.528. The maximum absolute atomic E-state index is 12.2. The Hall–Kier alpha value is -1.47. The van der Waals surface area contributed by atoms with Gasteiger partial charge in [-0.3, -0.25) is 4.79 Å². The van der Waals surface area contributed by atoms with Crippen LogP contribution in [0, 0.1) is 0 Å². The molecule has 0 spiro atoms. The minimum Gasteiger partial charge on any atom is -0.381 e. The molecule has 7 nitrogen and oxygen atoms in total. The zero-order chi connectivity index (χ0) is 16.1. The Bertz CT molecular complexity index is 525. The van der Waals surface area contributed by atoms with Crippen LogP contribution in [-0.4, -0.2) is 47.8 Å². The van der Waals surface area contributed by atoms with Crippen LogP contribution in [0.2, 0.25) is 0 Å². The minimum atomic E-state index is -0.528. The standard InChI is InChI=1S/C16H25N3O4/c1-21-16(7-10-22-11-8-16)15-17-13(23-18-15)12-19-9-5-3-2-4-6-14(19)20/h2-12H2,1H3. The molecule has 2 aliphatic rings. The number of hydrogen-bond acceptors (Lipinski definition) is 6. The molecule has 128 valence electrons. The molecule has 1 aromatic rings. The van der Waals surface area contributed by atoms with E-state index in [1.54, 1.807) is 7.11 Å². The molecule has 0 aromatic carbocycles. The van der Waals surface area contributed by atoms with Crippen LogP contribution in [0.15, 0.2) is 4.52 Å². The van der Waals surface area contributed by atoms with E-state index in [2.05, 4.69) is 10.1 Å². The van der Waals surface area contributed by atoms with Crippen LogP contribution in [0.1, 0.15) is 56.7 Å². The molecule has 2 saturated heterocycles. The van der Waals surface area contributed by atoms with Gasteiger partial charge in [-0.1, -0.05) is 18.0 Å². The lowest BCUT2D eigenvalue weighted by Crippen LogP contribution is -2.37. The van der Waals surface area contributed by atoms with E-state index in [9.17, 15) is 4.79 Å². The van der Waals surface area contributed by atoms with Crippen LogP contribution >= 0.6 is 0 Å². The van der Waals surface area contributed by atoms with E-state index in [0.29, 0.717) is 50.7 Å². The van der Waals surface area contributed by atoms with E-state index < -0.39 is 5.60 Å². The smallest absolute Gasteiger partial charge is 0.246 e. The van der Waals surface area contributed by atoms with Gasteiger partial charge in [-0.2, -0.15) is 4.98 Å². The van der Waals surface area contributed by atoms with Gasteiger partial charge >= 0.3 is 0 Å². The number of likely N-dealkylation sites (tertiary alicyclic amines) is 1. The number of rotatable bonds is 4. The summed E-state index contributed by atoms with van der Waals surface area (Å²) in [5.74, 6) is 1.23. The molecule has 0 aliphatic carbocycles. The van der Waals surface area contributed by atoms with E-state index >= 15 is 0 Å². The van der Waals surface area contributed by atoms with Crippen molar-refractivity contribution >= 4 is 5.91 Å². The normalized spacial score (nSPS) is 22.7. The third kappa shape index (κ3) is 3.72. The van der Waals surface area contributed by atoms with Crippen LogP contribution < -0.4 is 0 Å². The second kappa shape index (κ2) is 7.40. The zero-order valence-corrected chi connectivity index (χ0v) is 13.8. The first-order valence-corrected chi connectivity index (χ1v) is 8.47. The molecular weight excluding hydrogens is 298 g/mol. The van der Waals surface area contributed by atoms with E-state index in [-0.39, 0.29) is 5.91 Å². The molecule has 2 fully saturated rings. The SMILES string of the molecule is COC1(c2noc(CN3CCCCCCC3=O)n2)CCOCC1. The minimum absolute atomic E-state index is 0.178. The fraction of sp³-hybridized carbons (Fsp3) is 0.812. The van der Waals surface area contributed by atoms with Gasteiger partial charge in [0.05, 0.1) is 6.54 Å². The predicted octanol–water partition coefficient (Wildman–Crippen LogP) is 2.01. The quantitative estimate of drug-likeness (QED) is 0.843. The summed E-state index contributed by atoms with van der Waals surface area (Å²) < 4.78 is 16.5. The Balaban J connectivity index is 1.69. The highest BCUT2D eigenvalue weighted by Crippen LogP contribution is 2.33. The molecule has 0 bridgehead atoms. The van der Waals surface area contributed by atoms with Crippen molar-refractivity contribution in [2.45, 2.75) is 57.1 Å². The van der Waals surface area contributed by atoms with Crippen molar-refractivity contribution in [2.24, 2.45) is 0 Å². The Morgan fingerprint density at radius 1 is 1.22 bits per heavy atom. The number of hydrogen-bond donors (Lipinski definition) is 0. The number of methoxy groups -OCH3 is 1. The molecule has 0 radical (unpaired) electrons. The lowest BCUT2D eigenvalue weighted by molar-refractivity contribution is -0.132. The fourth-order valence-corrected chi connectivity index (χ4v) is 3.27. The second-order valence-electron chi connectivity index (χ2n) is 6.30. The summed E-state index contributed by atoms with van der Waals surface area (Å²) in [6, 6.07) is 0. The molecule has 0 unspecified atom stereocenters. The van der Waals surface area contributed by atoms with Crippen molar-refractivity contribution in [1.29, 1.82) is 0 Å². The van der Waals surface area contributed by atoms with Gasteiger partial charge in [-0.15, -0.1) is 0 Å². The molecule has 3 heterocycles. The summed E-state index contributed by atoms with van der Waals surface area (Å²) in [6.45, 7) is 2.41. The van der Waals surface area contributed by atoms with Crippen molar-refractivity contribution in [1.82, 2.24) is 15.0 Å². The van der Waals surface area contributed by atoms with Crippen molar-refractivity contribution < 1.29 is 18.8 Å². The summed E-state index contributed by atoms with van der Waals surface area (Å²) in [7, 11) is 1.67. The van der Waals surface area contributed by atoms with Crippen molar-refractivity contribution in [3.8, 4) is 0 Å². The van der Waals surface area contributed by atoms with Gasteiger partial charge in [0.1, 0.15) is 5.60 Å². The van der Waals surface area contributed by atoms with Gasteiger partial charge in [-0.25, -0.2) is 0 Å². The summed E-state index contributed by atoms with van der Waals surface area (Å²) >= 11 is 0. The van der Waals surface area contributed by atoms with Crippen LogP contribution in [0.25, 0.3) is 0 Å². The maximum Gasteiger partial charge on any atom is 0.246 e. The highest BCUT2D eigenvalue weighted by Gasteiger charge is 2.39. The lowest BCUT2D eigenvalue weighted by Gasteiger charge is -2.32. The third-order valence-electron chi connectivity index (χ3n) is 4.81. The average molecular weight is 323 g/mol. The van der Waals surface area contributed by atoms with E-state index in [1.165, 1.54) is 6.42 Å². The molecule has 0 N–H and O–H groups in total. The van der Waals surface area contributed by atoms with Crippen LogP contribution in [0.4, 0.5) is 0 Å². The molecular formula is C16H25N3O4. The van der Waals surface area contributed by atoms with Crippen molar-refractivity contribution in [3.05, 3.63) is 11.7 Å². The van der Waals surface area contributed by atoms with Crippen LogP contribution in [0.5, 0.6) is 0 Å². The molecule has 3 rings (SSSR count). The molecule has 1 aromatic heterocycles. The van der Waals surface area contributed by atoms with Gasteiger partial charge in [0.15, 0.2) is 0 Å². The molecule has 2 aliphatic heterocycles. The number of ether oxygens (including phenoxy) is 2. The molecule has 0 atom stereocenters. The zero-order valence-electron chi connectivity index (χ0n) is 13.8. The first-order valence-electron chi connectivity index (χ1n) is 8.47. The Labute approximate surface area is 136 Å². The van der Waals surface area contributed by atoms with Crippen molar-refractivity contribution in [3.63, 3.8) is 0 Å². The van der Waals surface area contributed by atoms with Gasteiger partial charge in [-0.05, 0) is 12.8 Å². The number of nitrogens with zero attached hydrogens (tertiary/aromatic N) is 3. The predicted molar refractivity (Wildman–Crippen MR) is 81.5 cm³/mol. The Morgan fingerprint density at radius 3 is 2.78 bits per heavy atom. The molecule has 1 amide bonds. The largest absolute Gasteiger partial charge is 0.381 e. The van der Waals surface area contributed by atoms with Gasteiger partial charge in [0.25, 0.3) is 0 Å². The van der Waals surface area contributed by atoms with E-state index in [0.717, 1.165) is 25.8 Å². The average Bonchev–Trinajstić information content (AvgIpc) is 3.04. The van der Waals surface area contributed by atoms with Crippen LogP contribution in [0.3, 0.4) is 0 Å². The van der Waals surface area contributed by atoms with Crippen molar-refractivity contribution in [2.75, 3.05) is 26.9 Å². The monoisotopic (exact) mass is 323 g/mol. The molecule has 23 heavy (non-hydrogen) atoms. The van der Waals surface area contributed by atoms with Gasteiger partial charge < -0.3 is 18.9 Å². The summed E-state index contributed by atoms with van der Waals surface area (Å²) in [5, 5.41) is 4.11. The van der Waals surface area contributed by atoms with E-state index in [1.807, 2.05) is 4.90 Å². The molecule has 0 saturated carbocycles. The number of aromatic nitrogens is 2. The highest BCUT2D eigenvalue weighted by atomic mass is 16.5. The highest BCUT2D eigenvalue weighted by molar-refractivity contribution is 5.76. The fourth-order valence-electron chi connectivity index (χ4n) is 3.27. The topological polar surface area (TPSA) is 77.7 Å². The first-order chi connectivity index (χ1) is 11.2. The Morgan fingerprint density at radius 2 is 2.00 bits per heavy atom. The Kier molecular flexibility index (Phi) is 5.27. The van der Waals surface area contributed by atoms with E-state index in [4.69, 9.17) is 14.0 Å². The maximum atomic E-state index is 12.2. The summed E-state index contributed by atoms with van der Waals surface area (Å²) in [4.78, 5) is 18.5. The van der Waals surface area contributed by atoms with Gasteiger partial charge in [0, 0.05) is 46.1 Å². The number of carbonyl (C=O) groups is 1. The first kappa shape index (κ1) is 16.4. The summed E-state index contributed by atoms with van der Waals surface area (Å²) in [6.07, 6.45) is 6.36. The number of carbonyl (C=O) groups excluding carboxylic acids is 1. The van der Waals surface area contributed by atoms with Crippen LogP contribution in [-0.2, 0) is 26.4 Å². The molecule has 7 heteroatoms. The third-order valence-corrected chi connectivity index (χ3v) is 4.81. The number of amides is 1.